The highest BCUT2D eigenvalue weighted by molar-refractivity contribution is 8.33. The maximum atomic E-state index is 15.5. The number of aromatic nitrogens is 8. The highest BCUT2D eigenvalue weighted by Crippen LogP contribution is 2.56. The fraction of sp³-hybridized carbons (Fsp3) is 0.524. The van der Waals surface area contributed by atoms with Crippen molar-refractivity contribution in [3.05, 3.63) is 29.3 Å². The zero-order valence-corrected chi connectivity index (χ0v) is 27.3. The maximum absolute atomic E-state index is 15.5. The molecule has 8 N–H and O–H groups in total. The van der Waals surface area contributed by atoms with Crippen LogP contribution in [-0.4, -0.2) is 109 Å². The van der Waals surface area contributed by atoms with Crippen molar-refractivity contribution in [2.45, 2.75) is 46.9 Å². The third-order valence-electron chi connectivity index (χ3n) is 7.56. The third-order valence-corrected chi connectivity index (χ3v) is 10.6. The number of halogens is 1. The fourth-order valence-electron chi connectivity index (χ4n) is 5.48. The smallest absolute Gasteiger partial charge is 0.325 e. The van der Waals surface area contributed by atoms with E-state index in [-0.39, 0.29) is 37.2 Å². The molecule has 9 atom stereocenters. The van der Waals surface area contributed by atoms with Crippen molar-refractivity contribution >= 4 is 84.3 Å². The van der Waals surface area contributed by atoms with Gasteiger partial charge in [-0.1, -0.05) is 12.2 Å². The molecule has 46 heavy (non-hydrogen) atoms. The van der Waals surface area contributed by atoms with E-state index in [0.717, 1.165) is 11.8 Å². The Hall–Kier alpha value is -2.40. The van der Waals surface area contributed by atoms with Crippen LogP contribution in [0, 0.1) is 0 Å². The van der Waals surface area contributed by atoms with Gasteiger partial charge in [0, 0.05) is 0 Å². The lowest BCUT2D eigenvalue weighted by Gasteiger charge is -2.32. The first-order valence-corrected chi connectivity index (χ1v) is 18.6. The molecule has 3 fully saturated rings. The van der Waals surface area contributed by atoms with Crippen LogP contribution in [0.3, 0.4) is 0 Å². The minimum atomic E-state index is -4.23. The maximum Gasteiger partial charge on any atom is 0.325 e. The second-order valence-corrected chi connectivity index (χ2v) is 15.0. The standard InChI is InChI=1S/C21H24FN10O8PS2.HOPS/c22-8-7(1-33)43-19(32-6-28-10-16(32)29-20(24)30-17(10)35)11(8)40-41(36,42)38-3-21-2-37-12(13(21)34)18(39-21)31-5-27-9-14(23)25-4-26-15(9)31;1-2-3/h4-8,11-13,18-19,33-34H,1-3H2,(H,36,42)(H2,23,25,26)(H3,24,29,30,35);(H,1,3)/t7-,8+,11-,12-,13+,18-,19-,21-,41?;/m1./s1. The van der Waals surface area contributed by atoms with Crippen LogP contribution in [-0.2, 0) is 34.9 Å². The van der Waals surface area contributed by atoms with Crippen molar-refractivity contribution in [1.29, 1.82) is 0 Å². The average molecular weight is 739 g/mol. The van der Waals surface area contributed by atoms with E-state index in [0.29, 0.717) is 11.2 Å². The number of nitrogens with one attached hydrogen (secondary N) is 1. The molecule has 7 rings (SSSR count). The van der Waals surface area contributed by atoms with Crippen molar-refractivity contribution in [2.24, 2.45) is 0 Å². The third kappa shape index (κ3) is 5.81. The summed E-state index contributed by atoms with van der Waals surface area (Å²) >= 11 is 9.43. The van der Waals surface area contributed by atoms with E-state index in [9.17, 15) is 19.9 Å². The van der Waals surface area contributed by atoms with Crippen molar-refractivity contribution in [2.75, 3.05) is 31.3 Å². The number of rotatable bonds is 8. The highest BCUT2D eigenvalue weighted by Gasteiger charge is 2.63. The van der Waals surface area contributed by atoms with E-state index < -0.39 is 72.4 Å². The van der Waals surface area contributed by atoms with Crippen LogP contribution in [0.2, 0.25) is 0 Å². The van der Waals surface area contributed by atoms with Gasteiger partial charge in [-0.25, -0.2) is 24.3 Å². The number of nitrogens with zero attached hydrogens (tertiary/aromatic N) is 7. The Morgan fingerprint density at radius 3 is 2.72 bits per heavy atom. The molecule has 3 aliphatic rings. The summed E-state index contributed by atoms with van der Waals surface area (Å²) in [5.74, 6) is -0.0209. The van der Waals surface area contributed by atoms with E-state index in [4.69, 9.17) is 46.4 Å². The number of nitrogens with two attached hydrogens (primary N) is 2. The summed E-state index contributed by atoms with van der Waals surface area (Å²) in [7, 11) is -0.139. The molecule has 7 heterocycles. The van der Waals surface area contributed by atoms with Gasteiger partial charge in [-0.05, 0) is 11.8 Å². The minimum absolute atomic E-state index is 0.0471. The van der Waals surface area contributed by atoms with Crippen molar-refractivity contribution in [1.82, 2.24) is 39.0 Å². The van der Waals surface area contributed by atoms with Gasteiger partial charge in [0.05, 0.1) is 37.7 Å². The molecule has 4 aromatic heterocycles. The monoisotopic (exact) mass is 738 g/mol. The van der Waals surface area contributed by atoms with Gasteiger partial charge in [-0.2, -0.15) is 4.98 Å². The minimum Gasteiger partial charge on any atom is -0.395 e. The molecule has 0 radical (unpaired) electrons. The number of ether oxygens (including phenoxy) is 2. The van der Waals surface area contributed by atoms with Crippen LogP contribution < -0.4 is 17.0 Å². The number of nitrogen functional groups attached to an aromatic ring is 2. The van der Waals surface area contributed by atoms with Gasteiger partial charge in [0.2, 0.25) is 13.6 Å². The Bertz CT molecular complexity index is 1890. The average Bonchev–Trinajstić information content (AvgIpc) is 3.82. The molecule has 0 saturated carbocycles. The van der Waals surface area contributed by atoms with Crippen molar-refractivity contribution < 1.29 is 42.6 Å². The second kappa shape index (κ2) is 12.9. The van der Waals surface area contributed by atoms with Crippen LogP contribution in [0.4, 0.5) is 16.2 Å². The lowest BCUT2D eigenvalue weighted by molar-refractivity contribution is -0.183. The number of aromatic amines is 1. The van der Waals surface area contributed by atoms with Crippen LogP contribution >= 0.6 is 38.4 Å². The first-order chi connectivity index (χ1) is 21.9. The molecule has 19 nitrogen and oxygen atoms in total. The SMILES string of the molecule is Nc1nc2c(ncn2[C@@H]2S[C@H](CO)[C@H](F)[C@H]2OP(O)(=S)OC[C@@]23CO[C@@H]([C@H](n4cnc5c(N)ncnc54)O2)[C@@H]3O)c(=O)[nH]1.O=PS. The van der Waals surface area contributed by atoms with E-state index >= 15 is 4.39 Å². The topological polar surface area (TPSA) is 274 Å². The van der Waals surface area contributed by atoms with E-state index in [2.05, 4.69) is 42.2 Å². The number of aliphatic hydroxyl groups is 2. The molecular weight excluding hydrogens is 713 g/mol. The first kappa shape index (κ1) is 33.5. The lowest BCUT2D eigenvalue weighted by atomic mass is 10.0. The predicted octanol–water partition coefficient (Wildman–Crippen LogP) is -0.163. The molecule has 25 heteroatoms. The van der Waals surface area contributed by atoms with Crippen LogP contribution in [0.15, 0.2) is 23.8 Å². The summed E-state index contributed by atoms with van der Waals surface area (Å²) in [4.78, 5) is 46.1. The quantitative estimate of drug-likeness (QED) is 0.0913. The number of hydrogen-bond acceptors (Lipinski definition) is 17. The zero-order chi connectivity index (χ0) is 33.0. The van der Waals surface area contributed by atoms with Gasteiger partial charge in [0.1, 0.15) is 47.3 Å². The fourth-order valence-corrected chi connectivity index (χ4v) is 8.39. The summed E-state index contributed by atoms with van der Waals surface area (Å²) in [5, 5.41) is 18.9. The number of aliphatic hydroxyl groups excluding tert-OH is 2. The second-order valence-electron chi connectivity index (χ2n) is 10.2. The van der Waals surface area contributed by atoms with Gasteiger partial charge < -0.3 is 40.6 Å². The Morgan fingerprint density at radius 1 is 1.26 bits per heavy atom. The van der Waals surface area contributed by atoms with Crippen LogP contribution in [0.25, 0.3) is 22.3 Å². The van der Waals surface area contributed by atoms with Gasteiger partial charge in [-0.15, -0.1) is 11.8 Å². The molecule has 3 aliphatic heterocycles. The van der Waals surface area contributed by atoms with Gasteiger partial charge >= 0.3 is 6.72 Å². The Balaban J connectivity index is 0.00000119. The molecule has 3 saturated heterocycles. The summed E-state index contributed by atoms with van der Waals surface area (Å²) in [5.41, 5.74) is 10.2. The molecule has 1 unspecified atom stereocenters. The number of hydrogen-bond donors (Lipinski definition) is 7. The van der Waals surface area contributed by atoms with Crippen molar-refractivity contribution in [3.8, 4) is 0 Å². The Kier molecular flexibility index (Phi) is 9.39. The van der Waals surface area contributed by atoms with Crippen LogP contribution in [0.5, 0.6) is 0 Å². The number of imidazole rings is 2. The molecule has 0 aliphatic carbocycles. The normalized spacial score (nSPS) is 31.8. The molecule has 2 bridgehead atoms. The Morgan fingerprint density at radius 2 is 1.98 bits per heavy atom. The molecule has 0 amide bonds. The molecule has 248 valence electrons. The van der Waals surface area contributed by atoms with Crippen LogP contribution in [0.1, 0.15) is 11.6 Å². The first-order valence-electron chi connectivity index (χ1n) is 13.1. The number of anilines is 2. The number of thiol groups is 1. The molecule has 0 aromatic carbocycles. The number of fused-ring (bicyclic) bond motifs is 4. The summed E-state index contributed by atoms with van der Waals surface area (Å²) in [6, 6.07) is 0. The largest absolute Gasteiger partial charge is 0.395 e. The molecular formula is C21H25FN10O9P2S3. The summed E-state index contributed by atoms with van der Waals surface area (Å²) in [6.45, 7) is -5.35. The number of H-pyrrole nitrogens is 1. The Labute approximate surface area is 272 Å². The number of thioether (sulfide) groups is 1. The molecule has 4 aromatic rings. The van der Waals surface area contributed by atoms with E-state index in [1.165, 1.54) is 28.1 Å². The van der Waals surface area contributed by atoms with Crippen molar-refractivity contribution in [3.63, 3.8) is 0 Å². The summed E-state index contributed by atoms with van der Waals surface area (Å²) in [6.07, 6.45) is -2.24. The predicted molar refractivity (Wildman–Crippen MR) is 167 cm³/mol. The summed E-state index contributed by atoms with van der Waals surface area (Å²) < 4.78 is 50.5. The number of alkyl halides is 1. The van der Waals surface area contributed by atoms with Gasteiger partial charge in [0.25, 0.3) is 5.56 Å². The van der Waals surface area contributed by atoms with E-state index in [1.54, 1.807) is 0 Å². The zero-order valence-electron chi connectivity index (χ0n) is 23.0. The van der Waals surface area contributed by atoms with Gasteiger partial charge in [-0.3, -0.25) is 28.0 Å². The van der Waals surface area contributed by atoms with Gasteiger partial charge in [0.15, 0.2) is 28.9 Å². The van der Waals surface area contributed by atoms with E-state index in [1.807, 2.05) is 0 Å². The highest BCUT2D eigenvalue weighted by atomic mass is 32.7. The lowest BCUT2D eigenvalue weighted by Crippen LogP contribution is -2.45. The molecule has 0 spiro atoms.